The Morgan fingerprint density at radius 1 is 1.10 bits per heavy atom. The molecule has 0 saturated carbocycles. The third kappa shape index (κ3) is 10.3. The number of hydrogen-bond donors (Lipinski definition) is 3. The Balaban J connectivity index is 1.07. The van der Waals surface area contributed by atoms with Crippen LogP contribution in [0.5, 0.6) is 11.5 Å². The second-order valence-corrected chi connectivity index (χ2v) is 19.0. The fourth-order valence-corrected chi connectivity index (χ4v) is 9.64. The summed E-state index contributed by atoms with van der Waals surface area (Å²) in [4.78, 5) is 28.2. The number of carbonyl (C=O) groups excluding carboxylic acids is 1. The first kappa shape index (κ1) is 42.3. The summed E-state index contributed by atoms with van der Waals surface area (Å²) in [7, 11) is -2.34. The van der Waals surface area contributed by atoms with E-state index in [1.807, 2.05) is 36.2 Å². The molecule has 2 fully saturated rings. The van der Waals surface area contributed by atoms with Crippen molar-refractivity contribution in [3.05, 3.63) is 89.8 Å². The lowest BCUT2D eigenvalue weighted by atomic mass is 9.72. The quantitative estimate of drug-likeness (QED) is 0.100. The molecule has 13 heteroatoms. The standard InChI is InChI=1S/C46H61N7O5S/c1-6-7-8-32(2)40-28-46(3,4)17-13-35(40)31-52-19-21-53(22-20-52)36-9-11-39(43(26-36)58-37-25-34-14-18-48-44(34)49-29-37)45(54)50-59(55,56)38-10-12-42(41(47)27-38)51(5)30-33-15-23-57-24-16-33/h9-12,14,18,25-27,29,33H,2,6-8,13,15-17,19-24,28,30-31,47H2,1,3-5H3,(H,48,49)(H,50,54). The molecule has 12 nitrogen and oxygen atoms in total. The molecule has 4 N–H and O–H groups in total. The lowest BCUT2D eigenvalue weighted by molar-refractivity contribution is 0.0685. The number of nitrogen functional groups attached to an aromatic ring is 1. The Kier molecular flexibility index (Phi) is 13.0. The Hall–Kier alpha value is -4.85. The van der Waals surface area contributed by atoms with Crippen molar-refractivity contribution in [2.24, 2.45) is 11.3 Å². The van der Waals surface area contributed by atoms with Crippen molar-refractivity contribution in [3.63, 3.8) is 0 Å². The van der Waals surface area contributed by atoms with Crippen molar-refractivity contribution >= 4 is 44.0 Å². The van der Waals surface area contributed by atoms with Crippen LogP contribution in [-0.2, 0) is 14.8 Å². The zero-order valence-corrected chi connectivity index (χ0v) is 36.0. The Bertz CT molecular complexity index is 2290. The topological polar surface area (TPSA) is 146 Å². The minimum absolute atomic E-state index is 0.0777. The van der Waals surface area contributed by atoms with Gasteiger partial charge in [-0.2, -0.15) is 0 Å². The molecule has 7 rings (SSSR count). The predicted molar refractivity (Wildman–Crippen MR) is 237 cm³/mol. The van der Waals surface area contributed by atoms with E-state index in [9.17, 15) is 13.2 Å². The molecule has 4 aromatic rings. The highest BCUT2D eigenvalue weighted by Gasteiger charge is 2.30. The number of benzene rings is 2. The van der Waals surface area contributed by atoms with Crippen LogP contribution in [0.15, 0.2) is 89.1 Å². The molecule has 0 bridgehead atoms. The SMILES string of the molecule is C=C(CCCC)C1=C(CN2CCN(c3ccc(C(=O)NS(=O)(=O)c4ccc(N(C)CC5CCOCC5)c(N)c4)c(Oc4cnc5[nH]ccc5c4)c3)CC2)CCC(C)(C)C1. The van der Waals surface area contributed by atoms with Crippen molar-refractivity contribution in [2.45, 2.75) is 77.0 Å². The number of nitrogens with one attached hydrogen (secondary N) is 2. The van der Waals surface area contributed by atoms with E-state index < -0.39 is 15.9 Å². The first-order valence-corrected chi connectivity index (χ1v) is 22.6. The van der Waals surface area contributed by atoms with E-state index in [1.54, 1.807) is 30.1 Å². The second-order valence-electron chi connectivity index (χ2n) is 17.4. The zero-order valence-electron chi connectivity index (χ0n) is 35.2. The van der Waals surface area contributed by atoms with Gasteiger partial charge in [0.05, 0.1) is 28.0 Å². The summed E-state index contributed by atoms with van der Waals surface area (Å²) in [5, 5.41) is 0.844. The molecule has 59 heavy (non-hydrogen) atoms. The van der Waals surface area contributed by atoms with Crippen molar-refractivity contribution < 1.29 is 22.7 Å². The second kappa shape index (κ2) is 18.2. The highest BCUT2D eigenvalue weighted by Crippen LogP contribution is 2.42. The molecule has 0 atom stereocenters. The van der Waals surface area contributed by atoms with Gasteiger partial charge in [-0.05, 0) is 104 Å². The van der Waals surface area contributed by atoms with Gasteiger partial charge >= 0.3 is 0 Å². The van der Waals surface area contributed by atoms with E-state index in [2.05, 4.69) is 51.8 Å². The van der Waals surface area contributed by atoms with E-state index in [-0.39, 0.29) is 16.2 Å². The number of piperazine rings is 1. The van der Waals surface area contributed by atoms with Crippen LogP contribution >= 0.6 is 0 Å². The Morgan fingerprint density at radius 3 is 2.63 bits per heavy atom. The number of carbonyl (C=O) groups is 1. The van der Waals surface area contributed by atoms with Gasteiger partial charge in [-0.3, -0.25) is 9.69 Å². The summed E-state index contributed by atoms with van der Waals surface area (Å²) < 4.78 is 41.5. The van der Waals surface area contributed by atoms with Crippen LogP contribution in [0.3, 0.4) is 0 Å². The number of hydrogen-bond acceptors (Lipinski definition) is 10. The fraction of sp³-hybridized carbons (Fsp3) is 0.478. The maximum atomic E-state index is 13.9. The third-order valence-electron chi connectivity index (χ3n) is 12.2. The number of amides is 1. The van der Waals surface area contributed by atoms with Crippen molar-refractivity contribution in [1.82, 2.24) is 19.6 Å². The van der Waals surface area contributed by atoms with E-state index in [4.69, 9.17) is 15.2 Å². The number of aromatic amines is 1. The van der Waals surface area contributed by atoms with Gasteiger partial charge < -0.3 is 30.0 Å². The number of ether oxygens (including phenoxy) is 2. The van der Waals surface area contributed by atoms with Gasteiger partial charge in [-0.1, -0.05) is 44.9 Å². The molecule has 2 aromatic carbocycles. The predicted octanol–water partition coefficient (Wildman–Crippen LogP) is 8.29. The number of anilines is 3. The van der Waals surface area contributed by atoms with Crippen molar-refractivity contribution in [2.75, 3.05) is 75.1 Å². The van der Waals surface area contributed by atoms with Crippen LogP contribution in [0.1, 0.15) is 82.5 Å². The summed E-state index contributed by atoms with van der Waals surface area (Å²) in [6.07, 6.45) is 12.1. The van der Waals surface area contributed by atoms with Gasteiger partial charge in [0.1, 0.15) is 17.1 Å². The molecule has 1 amide bonds. The molecule has 2 saturated heterocycles. The Labute approximate surface area is 349 Å². The molecular formula is C46H61N7O5S. The molecular weight excluding hydrogens is 763 g/mol. The van der Waals surface area contributed by atoms with E-state index in [0.29, 0.717) is 28.4 Å². The number of nitrogens with zero attached hydrogens (tertiary/aromatic N) is 4. The summed E-state index contributed by atoms with van der Waals surface area (Å²) in [6.45, 7) is 18.1. The van der Waals surface area contributed by atoms with Crippen LogP contribution < -0.4 is 25.0 Å². The number of pyridine rings is 1. The van der Waals surface area contributed by atoms with Crippen LogP contribution in [0.25, 0.3) is 11.0 Å². The number of sulfonamides is 1. The molecule has 4 heterocycles. The van der Waals surface area contributed by atoms with Crippen molar-refractivity contribution in [1.29, 1.82) is 0 Å². The van der Waals surface area contributed by atoms with Crippen molar-refractivity contribution in [3.8, 4) is 11.5 Å². The molecule has 0 unspecified atom stereocenters. The number of aromatic nitrogens is 2. The van der Waals surface area contributed by atoms with Gasteiger partial charge in [0.15, 0.2) is 0 Å². The number of unbranched alkanes of at least 4 members (excludes halogenated alkanes) is 1. The maximum absolute atomic E-state index is 13.9. The lowest BCUT2D eigenvalue weighted by Gasteiger charge is -2.39. The number of H-pyrrole nitrogens is 1. The Morgan fingerprint density at radius 2 is 1.88 bits per heavy atom. The van der Waals surface area contributed by atoms with E-state index in [1.165, 1.54) is 42.5 Å². The van der Waals surface area contributed by atoms with Gasteiger partial charge in [0.25, 0.3) is 15.9 Å². The highest BCUT2D eigenvalue weighted by atomic mass is 32.2. The molecule has 0 spiro atoms. The maximum Gasteiger partial charge on any atom is 0.268 e. The molecule has 2 aliphatic heterocycles. The average Bonchev–Trinajstić information content (AvgIpc) is 3.69. The number of rotatable bonds is 15. The monoisotopic (exact) mass is 823 g/mol. The fourth-order valence-electron chi connectivity index (χ4n) is 8.64. The minimum atomic E-state index is -4.29. The van der Waals surface area contributed by atoms with E-state index in [0.717, 1.165) is 101 Å². The van der Waals surface area contributed by atoms with Gasteiger partial charge in [0.2, 0.25) is 0 Å². The van der Waals surface area contributed by atoms with Gasteiger partial charge in [-0.25, -0.2) is 18.1 Å². The number of nitrogens with two attached hydrogens (primary N) is 1. The minimum Gasteiger partial charge on any atom is -0.455 e. The lowest BCUT2D eigenvalue weighted by Crippen LogP contribution is -2.47. The molecule has 3 aliphatic rings. The number of allylic oxidation sites excluding steroid dienone is 2. The highest BCUT2D eigenvalue weighted by molar-refractivity contribution is 7.90. The number of fused-ring (bicyclic) bond motifs is 1. The van der Waals surface area contributed by atoms with Crippen LogP contribution in [-0.4, -0.2) is 88.7 Å². The van der Waals surface area contributed by atoms with Crippen LogP contribution in [0.2, 0.25) is 0 Å². The average molecular weight is 824 g/mol. The van der Waals surface area contributed by atoms with E-state index >= 15 is 0 Å². The summed E-state index contributed by atoms with van der Waals surface area (Å²) in [5.74, 6) is 0.302. The first-order valence-electron chi connectivity index (χ1n) is 21.2. The summed E-state index contributed by atoms with van der Waals surface area (Å²) >= 11 is 0. The molecule has 2 aromatic heterocycles. The zero-order chi connectivity index (χ0) is 41.7. The van der Waals surface area contributed by atoms with Gasteiger partial charge in [-0.15, -0.1) is 0 Å². The summed E-state index contributed by atoms with van der Waals surface area (Å²) in [5.41, 5.74) is 13.8. The normalized spacial score (nSPS) is 17.9. The summed E-state index contributed by atoms with van der Waals surface area (Å²) in [6, 6.07) is 13.6. The molecule has 1 aliphatic carbocycles. The first-order chi connectivity index (χ1) is 28.3. The smallest absolute Gasteiger partial charge is 0.268 e. The van der Waals surface area contributed by atoms with Gasteiger partial charge in [0, 0.05) is 82.9 Å². The van der Waals surface area contributed by atoms with Crippen LogP contribution in [0.4, 0.5) is 17.1 Å². The molecule has 316 valence electrons. The largest absolute Gasteiger partial charge is 0.455 e. The van der Waals surface area contributed by atoms with Crippen LogP contribution in [0, 0.1) is 11.3 Å². The third-order valence-corrected chi connectivity index (χ3v) is 13.6. The molecule has 0 radical (unpaired) electrons.